The maximum atomic E-state index is 2.35. The number of fused-ring (bicyclic) bond motifs is 1. The van der Waals surface area contributed by atoms with E-state index in [9.17, 15) is 0 Å². The van der Waals surface area contributed by atoms with Gasteiger partial charge in [-0.05, 0) is 0 Å². The lowest BCUT2D eigenvalue weighted by atomic mass is 10.1. The molecule has 0 atom stereocenters. The molecule has 2 aromatic rings. The Morgan fingerprint density at radius 2 is 1.33 bits per heavy atom. The quantitative estimate of drug-likeness (QED) is 0.703. The zero-order valence-electron chi connectivity index (χ0n) is 10.6. The van der Waals surface area contributed by atoms with Crippen molar-refractivity contribution in [2.75, 3.05) is 7.05 Å². The second-order valence-electron chi connectivity index (χ2n) is 5.35. The van der Waals surface area contributed by atoms with Gasteiger partial charge >= 0.3 is 0 Å². The predicted molar refractivity (Wildman–Crippen MR) is 70.2 cm³/mol. The van der Waals surface area contributed by atoms with Crippen molar-refractivity contribution >= 4 is 0 Å². The van der Waals surface area contributed by atoms with Crippen LogP contribution < -0.4 is 17.0 Å². The molecule has 0 unspecified atom stereocenters. The summed E-state index contributed by atoms with van der Waals surface area (Å²) in [5.41, 5.74) is 4.47. The zero-order valence-corrected chi connectivity index (χ0v) is 12.2. The maximum Gasteiger partial charge on any atom is 0.105 e. The molecule has 0 saturated carbocycles. The van der Waals surface area contributed by atoms with E-state index in [-0.39, 0.29) is 17.0 Å². The van der Waals surface area contributed by atoms with E-state index >= 15 is 0 Å². The summed E-state index contributed by atoms with van der Waals surface area (Å²) in [7, 11) is 2.35. The van der Waals surface area contributed by atoms with Crippen molar-refractivity contribution in [2.45, 2.75) is 19.6 Å². The Kier molecular flexibility index (Phi) is 3.88. The summed E-state index contributed by atoms with van der Waals surface area (Å²) in [4.78, 5) is 0. The predicted octanol–water partition coefficient (Wildman–Crippen LogP) is 0.351. The van der Waals surface area contributed by atoms with Crippen LogP contribution in [0, 0.1) is 0 Å². The summed E-state index contributed by atoms with van der Waals surface area (Å²) in [6.45, 7) is 3.44. The van der Waals surface area contributed by atoms with Gasteiger partial charge in [0.05, 0.1) is 7.05 Å². The van der Waals surface area contributed by atoms with Gasteiger partial charge in [0.1, 0.15) is 19.6 Å². The highest BCUT2D eigenvalue weighted by molar-refractivity contribution is 5.28. The molecule has 94 valence electrons. The average molecular weight is 304 g/mol. The van der Waals surface area contributed by atoms with Gasteiger partial charge in [-0.1, -0.05) is 54.6 Å². The van der Waals surface area contributed by atoms with Crippen molar-refractivity contribution in [3.63, 3.8) is 0 Å². The number of nitrogens with zero attached hydrogens (tertiary/aromatic N) is 1. The van der Waals surface area contributed by atoms with E-state index in [4.69, 9.17) is 0 Å². The van der Waals surface area contributed by atoms with Crippen LogP contribution in [0.2, 0.25) is 0 Å². The van der Waals surface area contributed by atoms with Crippen molar-refractivity contribution in [3.05, 3.63) is 71.3 Å². The van der Waals surface area contributed by atoms with Gasteiger partial charge in [0.2, 0.25) is 0 Å². The number of rotatable bonds is 2. The molecular formula is C16H18BrN. The lowest BCUT2D eigenvalue weighted by Crippen LogP contribution is -3.00. The molecule has 0 aromatic heterocycles. The molecule has 3 rings (SSSR count). The third kappa shape index (κ3) is 2.65. The monoisotopic (exact) mass is 303 g/mol. The molecule has 0 radical (unpaired) electrons. The molecule has 2 aromatic carbocycles. The molecule has 18 heavy (non-hydrogen) atoms. The van der Waals surface area contributed by atoms with Gasteiger partial charge in [-0.25, -0.2) is 0 Å². The molecule has 0 aliphatic carbocycles. The van der Waals surface area contributed by atoms with Crippen LogP contribution in [0.3, 0.4) is 0 Å². The molecule has 0 spiro atoms. The normalized spacial score (nSPS) is 15.8. The van der Waals surface area contributed by atoms with E-state index in [1.807, 2.05) is 0 Å². The minimum Gasteiger partial charge on any atom is -1.00 e. The number of quaternary nitrogens is 1. The third-order valence-corrected chi connectivity index (χ3v) is 3.63. The fourth-order valence-corrected chi connectivity index (χ4v) is 2.88. The number of hydrogen-bond donors (Lipinski definition) is 0. The number of halogens is 1. The van der Waals surface area contributed by atoms with E-state index < -0.39 is 0 Å². The van der Waals surface area contributed by atoms with Crippen molar-refractivity contribution in [3.8, 4) is 0 Å². The highest BCUT2D eigenvalue weighted by atomic mass is 79.9. The van der Waals surface area contributed by atoms with E-state index in [1.165, 1.54) is 16.7 Å². The van der Waals surface area contributed by atoms with Crippen molar-refractivity contribution < 1.29 is 21.5 Å². The standard InChI is InChI=1S/C16H18N.BrH/c1-17(11-14-7-3-2-4-8-14)12-15-9-5-6-10-16(15)13-17;/h2-10H,11-13H2,1H3;1H/q+1;/p-1. The van der Waals surface area contributed by atoms with Gasteiger partial charge in [0.15, 0.2) is 0 Å². The second-order valence-corrected chi connectivity index (χ2v) is 5.35. The molecular weight excluding hydrogens is 286 g/mol. The van der Waals surface area contributed by atoms with Crippen LogP contribution in [0.1, 0.15) is 16.7 Å². The van der Waals surface area contributed by atoms with Crippen molar-refractivity contribution in [2.24, 2.45) is 0 Å². The van der Waals surface area contributed by atoms with Crippen LogP contribution in [0.15, 0.2) is 54.6 Å². The van der Waals surface area contributed by atoms with Crippen molar-refractivity contribution in [1.29, 1.82) is 0 Å². The van der Waals surface area contributed by atoms with Gasteiger partial charge in [0.25, 0.3) is 0 Å². The summed E-state index contributed by atoms with van der Waals surface area (Å²) in [5, 5.41) is 0. The Labute approximate surface area is 119 Å². The smallest absolute Gasteiger partial charge is 0.105 e. The second kappa shape index (κ2) is 5.25. The van der Waals surface area contributed by atoms with Crippen LogP contribution in [0.4, 0.5) is 0 Å². The lowest BCUT2D eigenvalue weighted by Gasteiger charge is -2.29. The highest BCUT2D eigenvalue weighted by Gasteiger charge is 2.31. The molecule has 1 heterocycles. The summed E-state index contributed by atoms with van der Waals surface area (Å²) in [6, 6.07) is 19.6. The topological polar surface area (TPSA) is 0 Å². The Morgan fingerprint density at radius 3 is 1.89 bits per heavy atom. The summed E-state index contributed by atoms with van der Waals surface area (Å²) >= 11 is 0. The van der Waals surface area contributed by atoms with Crippen LogP contribution in [0.5, 0.6) is 0 Å². The Morgan fingerprint density at radius 1 is 0.833 bits per heavy atom. The van der Waals surface area contributed by atoms with Crippen molar-refractivity contribution in [1.82, 2.24) is 0 Å². The van der Waals surface area contributed by atoms with E-state index in [0.717, 1.165) is 24.1 Å². The SMILES string of the molecule is C[N+]1(Cc2ccccc2)Cc2ccccc2C1.[Br-]. The first-order valence-corrected chi connectivity index (χ1v) is 6.19. The highest BCUT2D eigenvalue weighted by Crippen LogP contribution is 2.29. The van der Waals surface area contributed by atoms with Gasteiger partial charge in [-0.15, -0.1) is 0 Å². The van der Waals surface area contributed by atoms with Crippen LogP contribution in [-0.2, 0) is 19.6 Å². The third-order valence-electron chi connectivity index (χ3n) is 3.63. The molecule has 0 amide bonds. The number of hydrogen-bond acceptors (Lipinski definition) is 0. The molecule has 0 N–H and O–H groups in total. The van der Waals surface area contributed by atoms with E-state index in [0.29, 0.717) is 0 Å². The Hall–Kier alpha value is -1.12. The first-order valence-electron chi connectivity index (χ1n) is 6.19. The largest absolute Gasteiger partial charge is 1.00 e. The van der Waals surface area contributed by atoms with Gasteiger partial charge in [0, 0.05) is 16.7 Å². The summed E-state index contributed by atoms with van der Waals surface area (Å²) in [6.07, 6.45) is 0. The average Bonchev–Trinajstić information content (AvgIpc) is 2.66. The molecule has 0 saturated heterocycles. The minimum atomic E-state index is 0. The molecule has 0 bridgehead atoms. The first-order chi connectivity index (χ1) is 8.25. The fourth-order valence-electron chi connectivity index (χ4n) is 2.88. The summed E-state index contributed by atoms with van der Waals surface area (Å²) in [5.74, 6) is 0. The molecule has 0 fully saturated rings. The molecule has 1 aliphatic heterocycles. The van der Waals surface area contributed by atoms with Gasteiger partial charge in [-0.2, -0.15) is 0 Å². The Balaban J connectivity index is 0.00000120. The zero-order chi connectivity index (χ0) is 11.7. The van der Waals surface area contributed by atoms with Gasteiger partial charge in [-0.3, -0.25) is 0 Å². The van der Waals surface area contributed by atoms with Crippen LogP contribution in [0.25, 0.3) is 0 Å². The number of benzene rings is 2. The van der Waals surface area contributed by atoms with Crippen LogP contribution >= 0.6 is 0 Å². The Bertz CT molecular complexity index is 497. The first kappa shape index (κ1) is 13.3. The maximum absolute atomic E-state index is 2.35. The fraction of sp³-hybridized carbons (Fsp3) is 0.250. The molecule has 2 heteroatoms. The lowest BCUT2D eigenvalue weighted by molar-refractivity contribution is -0.941. The summed E-state index contributed by atoms with van der Waals surface area (Å²) < 4.78 is 1.10. The van der Waals surface area contributed by atoms with Crippen LogP contribution in [-0.4, -0.2) is 11.5 Å². The van der Waals surface area contributed by atoms with Gasteiger partial charge < -0.3 is 21.5 Å². The minimum absolute atomic E-state index is 0. The molecule has 1 nitrogen and oxygen atoms in total. The van der Waals surface area contributed by atoms with E-state index in [2.05, 4.69) is 61.6 Å². The molecule has 1 aliphatic rings. The van der Waals surface area contributed by atoms with E-state index in [1.54, 1.807) is 0 Å².